The van der Waals surface area contributed by atoms with Crippen molar-refractivity contribution in [2.24, 2.45) is 0 Å². The van der Waals surface area contributed by atoms with Gasteiger partial charge in [0.15, 0.2) is 5.82 Å². The summed E-state index contributed by atoms with van der Waals surface area (Å²) in [4.78, 5) is 7.57. The van der Waals surface area contributed by atoms with Crippen molar-refractivity contribution in [3.8, 4) is 6.07 Å². The van der Waals surface area contributed by atoms with E-state index in [9.17, 15) is 31.6 Å². The van der Waals surface area contributed by atoms with Gasteiger partial charge in [-0.15, -0.1) is 5.53 Å². The summed E-state index contributed by atoms with van der Waals surface area (Å²) < 4.78 is 79.7. The first-order valence-electron chi connectivity index (χ1n) is 11.7. The topological polar surface area (TPSA) is 101 Å². The summed E-state index contributed by atoms with van der Waals surface area (Å²) in [6.07, 6.45) is -0.969. The molecule has 1 atom stereocenters. The molecule has 1 aliphatic rings. The van der Waals surface area contributed by atoms with Crippen molar-refractivity contribution in [2.45, 2.75) is 12.2 Å². The van der Waals surface area contributed by atoms with Gasteiger partial charge in [0.05, 0.1) is 45.4 Å². The minimum absolute atomic E-state index is 0.0442. The largest absolute Gasteiger partial charge is 0.407 e. The molecule has 1 aliphatic heterocycles. The van der Waals surface area contributed by atoms with E-state index in [0.29, 0.717) is 16.6 Å². The van der Waals surface area contributed by atoms with Crippen LogP contribution in [0.2, 0.25) is 5.02 Å². The standard InChI is InChI=1S/C26H17ClF6N8/c27-19-6-16(5-18-22(14(8-34)9-35-24(18)19)38-17-7-20(29)25(30)36-10-17)37-23(13-1-3-15(28)4-2-13)21-11-41(40-39-21)12-26(31,32)33/h1-7,9-11,23,37,39-40H,12H2,(H,35,38)/t23-/m0/s1. The number of nitrogens with zero attached hydrogens (tertiary/aromatic N) is 4. The second kappa shape index (κ2) is 11.0. The van der Waals surface area contributed by atoms with E-state index in [-0.39, 0.29) is 33.2 Å². The van der Waals surface area contributed by atoms with Crippen molar-refractivity contribution in [1.82, 2.24) is 25.9 Å². The third-order valence-electron chi connectivity index (χ3n) is 5.92. The van der Waals surface area contributed by atoms with Gasteiger partial charge in [-0.25, -0.2) is 13.8 Å². The van der Waals surface area contributed by atoms with E-state index in [2.05, 4.69) is 31.6 Å². The number of benzene rings is 2. The van der Waals surface area contributed by atoms with Gasteiger partial charge in [-0.05, 0) is 29.8 Å². The molecule has 0 radical (unpaired) electrons. The number of aromatic nitrogens is 2. The summed E-state index contributed by atoms with van der Waals surface area (Å²) in [6.45, 7) is -1.28. The minimum atomic E-state index is -4.48. The van der Waals surface area contributed by atoms with E-state index < -0.39 is 36.3 Å². The highest BCUT2D eigenvalue weighted by Gasteiger charge is 2.33. The third-order valence-corrected chi connectivity index (χ3v) is 6.21. The number of anilines is 3. The number of nitrogens with one attached hydrogen (secondary N) is 4. The lowest BCUT2D eigenvalue weighted by Gasteiger charge is -2.22. The van der Waals surface area contributed by atoms with Crippen LogP contribution in [0.1, 0.15) is 17.2 Å². The maximum atomic E-state index is 13.8. The van der Waals surface area contributed by atoms with E-state index in [0.717, 1.165) is 17.3 Å². The van der Waals surface area contributed by atoms with Crippen LogP contribution >= 0.6 is 11.6 Å². The first-order valence-corrected chi connectivity index (χ1v) is 12.1. The molecule has 0 saturated heterocycles. The molecule has 15 heteroatoms. The van der Waals surface area contributed by atoms with Crippen molar-refractivity contribution in [3.63, 3.8) is 0 Å². The molecule has 0 bridgehead atoms. The first-order chi connectivity index (χ1) is 19.5. The average Bonchev–Trinajstić information content (AvgIpc) is 3.37. The van der Waals surface area contributed by atoms with E-state index in [1.54, 1.807) is 6.07 Å². The van der Waals surface area contributed by atoms with Gasteiger partial charge in [0.2, 0.25) is 5.95 Å². The number of pyridine rings is 2. The number of hydrazine groups is 2. The molecule has 0 aliphatic carbocycles. The average molecular weight is 591 g/mol. The highest BCUT2D eigenvalue weighted by atomic mass is 35.5. The van der Waals surface area contributed by atoms with Crippen LogP contribution in [0.25, 0.3) is 10.9 Å². The molecular formula is C26H17ClF6N8. The molecule has 0 fully saturated rings. The van der Waals surface area contributed by atoms with Gasteiger partial charge in [-0.1, -0.05) is 23.7 Å². The molecule has 0 unspecified atom stereocenters. The number of alkyl halides is 3. The van der Waals surface area contributed by atoms with Crippen molar-refractivity contribution in [2.75, 3.05) is 17.2 Å². The highest BCUT2D eigenvalue weighted by Crippen LogP contribution is 2.37. The number of fused-ring (bicyclic) bond motifs is 1. The lowest BCUT2D eigenvalue weighted by molar-refractivity contribution is -0.145. The normalized spacial score (nSPS) is 13.9. The zero-order valence-electron chi connectivity index (χ0n) is 20.5. The Morgan fingerprint density at radius 1 is 1.02 bits per heavy atom. The molecule has 0 spiro atoms. The molecule has 0 amide bonds. The summed E-state index contributed by atoms with van der Waals surface area (Å²) in [5.41, 5.74) is 6.76. The predicted molar refractivity (Wildman–Crippen MR) is 139 cm³/mol. The number of hydrogen-bond acceptors (Lipinski definition) is 8. The number of rotatable bonds is 7. The van der Waals surface area contributed by atoms with Gasteiger partial charge in [-0.3, -0.25) is 9.99 Å². The number of halogens is 7. The Labute approximate surface area is 233 Å². The van der Waals surface area contributed by atoms with E-state index >= 15 is 0 Å². The Kier molecular flexibility index (Phi) is 7.48. The fourth-order valence-corrected chi connectivity index (χ4v) is 4.42. The zero-order valence-corrected chi connectivity index (χ0v) is 21.2. The maximum Gasteiger partial charge on any atom is 0.407 e. The van der Waals surface area contributed by atoms with Crippen molar-refractivity contribution >= 4 is 39.6 Å². The molecule has 8 nitrogen and oxygen atoms in total. The smallest absolute Gasteiger partial charge is 0.373 e. The van der Waals surface area contributed by atoms with Crippen LogP contribution in [0.15, 0.2) is 66.8 Å². The quantitative estimate of drug-likeness (QED) is 0.149. The summed E-state index contributed by atoms with van der Waals surface area (Å²) in [5, 5.41) is 17.0. The lowest BCUT2D eigenvalue weighted by Crippen LogP contribution is -2.42. The minimum Gasteiger partial charge on any atom is -0.373 e. The molecule has 2 aromatic heterocycles. The molecular weight excluding hydrogens is 574 g/mol. The van der Waals surface area contributed by atoms with Crippen LogP contribution in [-0.4, -0.2) is 27.7 Å². The Bertz CT molecular complexity index is 1690. The summed E-state index contributed by atoms with van der Waals surface area (Å²) >= 11 is 6.52. The van der Waals surface area contributed by atoms with Crippen molar-refractivity contribution < 1.29 is 26.3 Å². The summed E-state index contributed by atoms with van der Waals surface area (Å²) in [7, 11) is 0. The molecule has 41 heavy (non-hydrogen) atoms. The predicted octanol–water partition coefficient (Wildman–Crippen LogP) is 6.20. The monoisotopic (exact) mass is 590 g/mol. The Balaban J connectivity index is 1.57. The second-order valence-corrected chi connectivity index (χ2v) is 9.23. The Hall–Kier alpha value is -4.74. The first kappa shape index (κ1) is 27.8. The van der Waals surface area contributed by atoms with E-state index in [4.69, 9.17) is 11.6 Å². The summed E-state index contributed by atoms with van der Waals surface area (Å²) in [5.74, 6) is -3.01. The molecule has 3 heterocycles. The van der Waals surface area contributed by atoms with Crippen LogP contribution in [0.5, 0.6) is 0 Å². The fraction of sp³-hybridized carbons (Fsp3) is 0.115. The Morgan fingerprint density at radius 2 is 1.78 bits per heavy atom. The molecule has 4 aromatic rings. The van der Waals surface area contributed by atoms with Crippen LogP contribution in [0, 0.1) is 28.9 Å². The van der Waals surface area contributed by atoms with E-state index in [1.165, 1.54) is 42.7 Å². The van der Waals surface area contributed by atoms with E-state index in [1.807, 2.05) is 6.07 Å². The number of hydrogen-bond donors (Lipinski definition) is 4. The zero-order chi connectivity index (χ0) is 29.3. The third kappa shape index (κ3) is 6.21. The van der Waals surface area contributed by atoms with Gasteiger partial charge < -0.3 is 16.1 Å². The molecule has 4 N–H and O–H groups in total. The summed E-state index contributed by atoms with van der Waals surface area (Å²) in [6, 6.07) is 10.4. The molecule has 5 rings (SSSR count). The van der Waals surface area contributed by atoms with Crippen molar-refractivity contribution in [3.05, 3.63) is 100 Å². The fourth-order valence-electron chi connectivity index (χ4n) is 4.15. The SMILES string of the molecule is N#Cc1cnc2c(Cl)cc(N[C@H](C3=CN(CC(F)(F)F)NN3)c3ccc(F)cc3)cc2c1Nc1cnc(F)c(F)c1. The molecule has 0 saturated carbocycles. The van der Waals surface area contributed by atoms with Crippen LogP contribution in [0.3, 0.4) is 0 Å². The Morgan fingerprint density at radius 3 is 2.46 bits per heavy atom. The van der Waals surface area contributed by atoms with Gasteiger partial charge in [-0.2, -0.15) is 22.8 Å². The van der Waals surface area contributed by atoms with Gasteiger partial charge in [0.1, 0.15) is 18.4 Å². The highest BCUT2D eigenvalue weighted by molar-refractivity contribution is 6.36. The van der Waals surface area contributed by atoms with Gasteiger partial charge >= 0.3 is 6.18 Å². The maximum absolute atomic E-state index is 13.8. The molecule has 2 aromatic carbocycles. The van der Waals surface area contributed by atoms with Crippen LogP contribution in [0.4, 0.5) is 43.4 Å². The van der Waals surface area contributed by atoms with Crippen LogP contribution in [-0.2, 0) is 0 Å². The van der Waals surface area contributed by atoms with Gasteiger partial charge in [0, 0.05) is 29.5 Å². The van der Waals surface area contributed by atoms with Gasteiger partial charge in [0.25, 0.3) is 0 Å². The van der Waals surface area contributed by atoms with Crippen molar-refractivity contribution in [1.29, 1.82) is 5.26 Å². The second-order valence-electron chi connectivity index (χ2n) is 8.83. The number of nitriles is 1. The van der Waals surface area contributed by atoms with Crippen LogP contribution < -0.4 is 21.6 Å². The molecule has 210 valence electrons. The lowest BCUT2D eigenvalue weighted by atomic mass is 10.0.